The van der Waals surface area contributed by atoms with E-state index in [9.17, 15) is 4.79 Å². The molecule has 0 saturated heterocycles. The van der Waals surface area contributed by atoms with Crippen molar-refractivity contribution in [2.75, 3.05) is 0 Å². The predicted molar refractivity (Wildman–Crippen MR) is 106 cm³/mol. The molecule has 1 aliphatic heterocycles. The van der Waals surface area contributed by atoms with E-state index in [1.807, 2.05) is 13.1 Å². The summed E-state index contributed by atoms with van der Waals surface area (Å²) in [5.74, 6) is 0.926. The van der Waals surface area contributed by atoms with Gasteiger partial charge in [0.05, 0.1) is 5.92 Å². The van der Waals surface area contributed by atoms with Crippen molar-refractivity contribution in [2.24, 2.45) is 16.8 Å². The summed E-state index contributed by atoms with van der Waals surface area (Å²) in [6, 6.07) is 0. The lowest BCUT2D eigenvalue weighted by atomic mass is 9.85. The molecule has 2 atom stereocenters. The molecule has 0 N–H and O–H groups in total. The number of allylic oxidation sites excluding steroid dienone is 4. The molecule has 0 amide bonds. The van der Waals surface area contributed by atoms with Gasteiger partial charge in [-0.3, -0.25) is 9.79 Å². The minimum atomic E-state index is -0.0103. The monoisotopic (exact) mass is 331 g/mol. The molecule has 1 rings (SSSR count). The van der Waals surface area contributed by atoms with E-state index in [4.69, 9.17) is 4.99 Å². The average molecular weight is 332 g/mol. The molecule has 0 aromatic carbocycles. The van der Waals surface area contributed by atoms with Crippen LogP contribution < -0.4 is 0 Å². The Balaban J connectivity index is 2.81. The standard InChI is InChI=1S/C22H37NO/c1-5-8-9-13-18(4)16-20(22(24)7-3)21-15-11-10-14-19(12-6-2)17-23-21/h14-15,17-18,20H,5-13,16H2,1-4H3/b19-14-,21-15+,23-17+. The van der Waals surface area contributed by atoms with Gasteiger partial charge in [0.15, 0.2) is 0 Å². The first-order chi connectivity index (χ1) is 11.6. The molecule has 2 unspecified atom stereocenters. The van der Waals surface area contributed by atoms with E-state index in [2.05, 4.69) is 32.9 Å². The number of hydrogen-bond donors (Lipinski definition) is 0. The highest BCUT2D eigenvalue weighted by atomic mass is 16.1. The second-order valence-corrected chi connectivity index (χ2v) is 7.20. The summed E-state index contributed by atoms with van der Waals surface area (Å²) in [4.78, 5) is 17.3. The maximum Gasteiger partial charge on any atom is 0.141 e. The number of nitrogens with zero attached hydrogens (tertiary/aromatic N) is 1. The van der Waals surface area contributed by atoms with Crippen molar-refractivity contribution in [3.63, 3.8) is 0 Å². The van der Waals surface area contributed by atoms with Crippen molar-refractivity contribution in [2.45, 2.75) is 91.9 Å². The van der Waals surface area contributed by atoms with E-state index in [-0.39, 0.29) is 5.92 Å². The van der Waals surface area contributed by atoms with Crippen LogP contribution in [0.4, 0.5) is 0 Å². The molecular weight excluding hydrogens is 294 g/mol. The van der Waals surface area contributed by atoms with Gasteiger partial charge in [0, 0.05) is 18.3 Å². The third kappa shape index (κ3) is 7.59. The van der Waals surface area contributed by atoms with E-state index < -0.39 is 0 Å². The first kappa shape index (κ1) is 20.9. The van der Waals surface area contributed by atoms with Crippen LogP contribution >= 0.6 is 0 Å². The molecule has 1 heterocycles. The molecular formula is C22H37NO. The van der Waals surface area contributed by atoms with E-state index in [0.717, 1.165) is 37.8 Å². The fourth-order valence-corrected chi connectivity index (χ4v) is 3.38. The van der Waals surface area contributed by atoms with Crippen LogP contribution in [0.5, 0.6) is 0 Å². The molecule has 0 fully saturated rings. The maximum atomic E-state index is 12.6. The summed E-state index contributed by atoms with van der Waals surface area (Å²) in [7, 11) is 0. The van der Waals surface area contributed by atoms with Crippen LogP contribution in [0.25, 0.3) is 0 Å². The van der Waals surface area contributed by atoms with Gasteiger partial charge in [-0.15, -0.1) is 0 Å². The SMILES string of the molecule is CCCCCC(C)CC(C(=O)CC)C1=C/CC\C=C(CCC)/C=N/1. The molecule has 2 heteroatoms. The van der Waals surface area contributed by atoms with Crippen LogP contribution in [-0.4, -0.2) is 12.0 Å². The first-order valence-electron chi connectivity index (χ1n) is 10.1. The van der Waals surface area contributed by atoms with Crippen LogP contribution in [0.15, 0.2) is 28.4 Å². The molecule has 1 aliphatic rings. The maximum absolute atomic E-state index is 12.6. The van der Waals surface area contributed by atoms with E-state index in [1.165, 1.54) is 31.3 Å². The zero-order valence-electron chi connectivity index (χ0n) is 16.3. The Bertz CT molecular complexity index is 459. The van der Waals surface area contributed by atoms with Crippen LogP contribution in [0, 0.1) is 11.8 Å². The van der Waals surface area contributed by atoms with Gasteiger partial charge >= 0.3 is 0 Å². The smallest absolute Gasteiger partial charge is 0.141 e. The highest BCUT2D eigenvalue weighted by molar-refractivity contribution is 5.85. The number of unbranched alkanes of at least 4 members (excludes halogenated alkanes) is 2. The molecule has 2 nitrogen and oxygen atoms in total. The summed E-state index contributed by atoms with van der Waals surface area (Å²) in [5, 5.41) is 0. The van der Waals surface area contributed by atoms with Crippen molar-refractivity contribution in [3.8, 4) is 0 Å². The van der Waals surface area contributed by atoms with Crippen molar-refractivity contribution >= 4 is 12.0 Å². The summed E-state index contributed by atoms with van der Waals surface area (Å²) in [5.41, 5.74) is 2.34. The van der Waals surface area contributed by atoms with Gasteiger partial charge in [-0.1, -0.05) is 72.0 Å². The van der Waals surface area contributed by atoms with Gasteiger partial charge in [-0.2, -0.15) is 0 Å². The second kappa shape index (κ2) is 12.2. The number of rotatable bonds is 11. The number of carbonyl (C=O) groups excluding carboxylic acids is 1. The number of aliphatic imine (C=N–C) groups is 1. The fraction of sp³-hybridized carbons (Fsp3) is 0.727. The molecule has 0 bridgehead atoms. The summed E-state index contributed by atoms with van der Waals surface area (Å²) in [6.45, 7) is 8.71. The average Bonchev–Trinajstić information content (AvgIpc) is 2.55. The molecule has 0 spiro atoms. The van der Waals surface area contributed by atoms with Crippen LogP contribution in [0.2, 0.25) is 0 Å². The molecule has 24 heavy (non-hydrogen) atoms. The lowest BCUT2D eigenvalue weighted by Gasteiger charge is -2.21. The van der Waals surface area contributed by atoms with Crippen LogP contribution in [-0.2, 0) is 4.79 Å². The highest BCUT2D eigenvalue weighted by Gasteiger charge is 2.23. The van der Waals surface area contributed by atoms with Gasteiger partial charge < -0.3 is 0 Å². The van der Waals surface area contributed by atoms with Gasteiger partial charge in [0.2, 0.25) is 0 Å². The van der Waals surface area contributed by atoms with Gasteiger partial charge in [0.25, 0.3) is 0 Å². The number of Topliss-reactive ketones (excluding diaryl/α,β-unsaturated/α-hetero) is 1. The lowest BCUT2D eigenvalue weighted by Crippen LogP contribution is -2.19. The molecule has 0 saturated carbocycles. The zero-order chi connectivity index (χ0) is 17.8. The predicted octanol–water partition coefficient (Wildman–Crippen LogP) is 6.66. The van der Waals surface area contributed by atoms with Gasteiger partial charge in [-0.05, 0) is 37.2 Å². The lowest BCUT2D eigenvalue weighted by molar-refractivity contribution is -0.122. The summed E-state index contributed by atoms with van der Waals surface area (Å²) >= 11 is 0. The van der Waals surface area contributed by atoms with Crippen molar-refractivity contribution in [3.05, 3.63) is 23.4 Å². The third-order valence-corrected chi connectivity index (χ3v) is 4.88. The molecule has 0 aliphatic carbocycles. The van der Waals surface area contributed by atoms with Gasteiger partial charge in [-0.25, -0.2) is 0 Å². The number of hydrogen-bond acceptors (Lipinski definition) is 2. The molecule has 0 aromatic rings. The first-order valence-corrected chi connectivity index (χ1v) is 10.1. The van der Waals surface area contributed by atoms with Crippen LogP contribution in [0.3, 0.4) is 0 Å². The zero-order valence-corrected chi connectivity index (χ0v) is 16.3. The van der Waals surface area contributed by atoms with Crippen LogP contribution in [0.1, 0.15) is 91.9 Å². The molecule has 0 radical (unpaired) electrons. The van der Waals surface area contributed by atoms with Crippen molar-refractivity contribution in [1.82, 2.24) is 0 Å². The van der Waals surface area contributed by atoms with Crippen molar-refractivity contribution < 1.29 is 4.79 Å². The highest BCUT2D eigenvalue weighted by Crippen LogP contribution is 2.28. The van der Waals surface area contributed by atoms with Crippen molar-refractivity contribution in [1.29, 1.82) is 0 Å². The normalized spacial score (nSPS) is 23.2. The summed E-state index contributed by atoms with van der Waals surface area (Å²) in [6.07, 6.45) is 17.4. The van der Waals surface area contributed by atoms with E-state index >= 15 is 0 Å². The Labute approximate surface area is 149 Å². The minimum Gasteiger partial charge on any atom is -0.299 e. The minimum absolute atomic E-state index is 0.0103. The Morgan fingerprint density at radius 1 is 1.12 bits per heavy atom. The topological polar surface area (TPSA) is 29.4 Å². The van der Waals surface area contributed by atoms with E-state index in [0.29, 0.717) is 18.1 Å². The molecule has 136 valence electrons. The third-order valence-electron chi connectivity index (χ3n) is 4.88. The Hall–Kier alpha value is -1.18. The Kier molecular flexibility index (Phi) is 10.6. The fourth-order valence-electron chi connectivity index (χ4n) is 3.38. The largest absolute Gasteiger partial charge is 0.299 e. The summed E-state index contributed by atoms with van der Waals surface area (Å²) < 4.78 is 0. The van der Waals surface area contributed by atoms with E-state index in [1.54, 1.807) is 0 Å². The number of ketones is 1. The quantitative estimate of drug-likeness (QED) is 0.389. The second-order valence-electron chi connectivity index (χ2n) is 7.20. The molecule has 0 aromatic heterocycles. The Morgan fingerprint density at radius 3 is 2.54 bits per heavy atom. The number of carbonyl (C=O) groups is 1. The Morgan fingerprint density at radius 2 is 1.88 bits per heavy atom. The van der Waals surface area contributed by atoms with Gasteiger partial charge in [0.1, 0.15) is 5.78 Å².